The van der Waals surface area contributed by atoms with Crippen LogP contribution in [0.4, 0.5) is 0 Å². The minimum Gasteiger partial charge on any atom is -0.768 e. The molecule has 4 nitrogen and oxygen atoms in total. The van der Waals surface area contributed by atoms with E-state index in [2.05, 4.69) is 0 Å². The maximum Gasteiger partial charge on any atom is 0.0255 e. The second-order valence-electron chi connectivity index (χ2n) is 3.14. The maximum absolute atomic E-state index is 10.7. The number of fused-ring (bicyclic) bond motifs is 1. The Morgan fingerprint density at radius 1 is 0.750 bits per heavy atom. The molecule has 2 atom stereocenters. The van der Waals surface area contributed by atoms with E-state index in [0.717, 1.165) is 5.39 Å². The molecule has 16 heavy (non-hydrogen) atoms. The van der Waals surface area contributed by atoms with Gasteiger partial charge in [0, 0.05) is 9.79 Å². The van der Waals surface area contributed by atoms with E-state index in [1.807, 2.05) is 0 Å². The average molecular weight is 254 g/mol. The van der Waals surface area contributed by atoms with Gasteiger partial charge >= 0.3 is 0 Å². The minimum atomic E-state index is -2.31. The number of benzene rings is 2. The summed E-state index contributed by atoms with van der Waals surface area (Å²) in [5, 5.41) is 1.38. The van der Waals surface area contributed by atoms with Gasteiger partial charge in [0.25, 0.3) is 0 Å². The van der Waals surface area contributed by atoms with Crippen LogP contribution in [0.1, 0.15) is 0 Å². The highest BCUT2D eigenvalue weighted by Crippen LogP contribution is 2.20. The Morgan fingerprint density at radius 3 is 1.56 bits per heavy atom. The van der Waals surface area contributed by atoms with Crippen LogP contribution in [0.3, 0.4) is 0 Å². The molecule has 0 aliphatic rings. The van der Waals surface area contributed by atoms with Crippen molar-refractivity contribution in [3.8, 4) is 0 Å². The van der Waals surface area contributed by atoms with Crippen LogP contribution in [-0.2, 0) is 22.2 Å². The largest absolute Gasteiger partial charge is 0.768 e. The summed E-state index contributed by atoms with van der Waals surface area (Å²) in [6, 6.07) is 9.10. The van der Waals surface area contributed by atoms with E-state index >= 15 is 0 Å². The summed E-state index contributed by atoms with van der Waals surface area (Å²) >= 11 is -4.61. The Kier molecular flexibility index (Phi) is 3.15. The first-order chi connectivity index (χ1) is 7.58. The first-order valence-corrected chi connectivity index (χ1v) is 6.45. The zero-order chi connectivity index (χ0) is 11.7. The molecule has 0 amide bonds. The third-order valence-electron chi connectivity index (χ3n) is 2.17. The van der Waals surface area contributed by atoms with Gasteiger partial charge in [0.05, 0.1) is 0 Å². The Balaban J connectivity index is 2.65. The molecule has 0 saturated carbocycles. The van der Waals surface area contributed by atoms with Crippen molar-refractivity contribution in [1.82, 2.24) is 0 Å². The molecule has 0 saturated heterocycles. The predicted molar refractivity (Wildman–Crippen MR) is 58.3 cm³/mol. The summed E-state index contributed by atoms with van der Waals surface area (Å²) in [5.41, 5.74) is 0. The molecule has 0 radical (unpaired) electrons. The first-order valence-electron chi connectivity index (χ1n) is 4.30. The Morgan fingerprint density at radius 2 is 1.19 bits per heavy atom. The average Bonchev–Trinajstić information content (AvgIpc) is 2.27. The van der Waals surface area contributed by atoms with E-state index < -0.39 is 22.2 Å². The van der Waals surface area contributed by atoms with Gasteiger partial charge in [-0.3, -0.25) is 8.42 Å². The summed E-state index contributed by atoms with van der Waals surface area (Å²) in [6.07, 6.45) is 0. The second kappa shape index (κ2) is 4.42. The topological polar surface area (TPSA) is 80.3 Å². The molecular formula is C10H6O4S2-2. The van der Waals surface area contributed by atoms with Crippen molar-refractivity contribution < 1.29 is 17.5 Å². The minimum absolute atomic E-state index is 0.140. The van der Waals surface area contributed by atoms with Crippen LogP contribution in [-0.4, -0.2) is 17.5 Å². The van der Waals surface area contributed by atoms with Crippen molar-refractivity contribution in [2.75, 3.05) is 0 Å². The predicted octanol–water partition coefficient (Wildman–Crippen LogP) is 1.32. The van der Waals surface area contributed by atoms with Crippen molar-refractivity contribution in [3.63, 3.8) is 0 Å². The number of hydrogen-bond acceptors (Lipinski definition) is 4. The molecule has 0 heterocycles. The highest BCUT2D eigenvalue weighted by atomic mass is 32.2. The molecule has 2 unspecified atom stereocenters. The molecule has 0 fully saturated rings. The lowest BCUT2D eigenvalue weighted by molar-refractivity contribution is 0.536. The van der Waals surface area contributed by atoms with Crippen LogP contribution in [0, 0.1) is 0 Å². The van der Waals surface area contributed by atoms with Gasteiger partial charge in [-0.05, 0) is 57.2 Å². The summed E-state index contributed by atoms with van der Waals surface area (Å²) in [6.45, 7) is 0. The van der Waals surface area contributed by atoms with Crippen LogP contribution in [0.5, 0.6) is 0 Å². The van der Waals surface area contributed by atoms with Crippen molar-refractivity contribution in [2.45, 2.75) is 9.79 Å². The van der Waals surface area contributed by atoms with E-state index in [1.54, 1.807) is 12.1 Å². The zero-order valence-electron chi connectivity index (χ0n) is 7.91. The second-order valence-corrected chi connectivity index (χ2v) is 5.02. The van der Waals surface area contributed by atoms with Crippen molar-refractivity contribution >= 4 is 32.9 Å². The van der Waals surface area contributed by atoms with Gasteiger partial charge in [-0.15, -0.1) is 0 Å². The lowest BCUT2D eigenvalue weighted by Gasteiger charge is -2.09. The third-order valence-corrected chi connectivity index (χ3v) is 3.45. The van der Waals surface area contributed by atoms with Crippen molar-refractivity contribution in [2.24, 2.45) is 0 Å². The van der Waals surface area contributed by atoms with E-state index in [9.17, 15) is 17.5 Å². The molecule has 6 heteroatoms. The lowest BCUT2D eigenvalue weighted by Crippen LogP contribution is -1.91. The first kappa shape index (κ1) is 11.4. The molecule has 2 rings (SSSR count). The number of rotatable bonds is 2. The standard InChI is InChI=1S/C10H8O4S2/c11-15(12)9-3-1-7-2-4-10(16(13)14)6-8(7)5-9/h1-6H,(H,11,12)(H,13,14)/p-2. The zero-order valence-corrected chi connectivity index (χ0v) is 9.55. The van der Waals surface area contributed by atoms with E-state index in [0.29, 0.717) is 5.39 Å². The lowest BCUT2D eigenvalue weighted by atomic mass is 10.1. The molecule has 0 bridgehead atoms. The van der Waals surface area contributed by atoms with Crippen molar-refractivity contribution in [1.29, 1.82) is 0 Å². The van der Waals surface area contributed by atoms with Gasteiger partial charge in [-0.2, -0.15) is 0 Å². The van der Waals surface area contributed by atoms with Gasteiger partial charge in [0.15, 0.2) is 0 Å². The van der Waals surface area contributed by atoms with Gasteiger partial charge in [0.2, 0.25) is 0 Å². The van der Waals surface area contributed by atoms with Crippen LogP contribution in [0.15, 0.2) is 46.2 Å². The molecule has 0 N–H and O–H groups in total. The Labute approximate surface area is 96.9 Å². The van der Waals surface area contributed by atoms with Gasteiger partial charge in [0.1, 0.15) is 0 Å². The molecule has 2 aromatic carbocycles. The molecule has 0 aliphatic carbocycles. The molecular weight excluding hydrogens is 248 g/mol. The summed E-state index contributed by atoms with van der Waals surface area (Å²) in [5.74, 6) is 0. The number of hydrogen-bond donors (Lipinski definition) is 0. The van der Waals surface area contributed by atoms with E-state index in [4.69, 9.17) is 0 Å². The quantitative estimate of drug-likeness (QED) is 0.757. The maximum atomic E-state index is 10.7. The summed E-state index contributed by atoms with van der Waals surface area (Å²) < 4.78 is 43.0. The highest BCUT2D eigenvalue weighted by Gasteiger charge is 1.99. The smallest absolute Gasteiger partial charge is 0.0255 e. The van der Waals surface area contributed by atoms with Gasteiger partial charge < -0.3 is 9.11 Å². The van der Waals surface area contributed by atoms with Crippen LogP contribution in [0.25, 0.3) is 10.8 Å². The van der Waals surface area contributed by atoms with E-state index in [-0.39, 0.29) is 9.79 Å². The molecule has 0 aromatic heterocycles. The fraction of sp³-hybridized carbons (Fsp3) is 0. The van der Waals surface area contributed by atoms with Gasteiger partial charge in [-0.1, -0.05) is 12.1 Å². The molecule has 2 aromatic rings. The van der Waals surface area contributed by atoms with Gasteiger partial charge in [-0.25, -0.2) is 0 Å². The monoisotopic (exact) mass is 254 g/mol. The van der Waals surface area contributed by atoms with Crippen LogP contribution in [0.2, 0.25) is 0 Å². The Bertz CT molecular complexity index is 546. The van der Waals surface area contributed by atoms with E-state index in [1.165, 1.54) is 24.3 Å². The Hall–Kier alpha value is -1.08. The highest BCUT2D eigenvalue weighted by molar-refractivity contribution is 7.79. The summed E-state index contributed by atoms with van der Waals surface area (Å²) in [7, 11) is 0. The normalized spacial score (nSPS) is 14.9. The third kappa shape index (κ3) is 2.19. The SMILES string of the molecule is O=S([O-])c1ccc2ccc(S(=O)[O-])cc2c1. The molecule has 0 aliphatic heterocycles. The van der Waals surface area contributed by atoms with Crippen LogP contribution < -0.4 is 0 Å². The fourth-order valence-corrected chi connectivity index (χ4v) is 2.21. The van der Waals surface area contributed by atoms with Crippen molar-refractivity contribution in [3.05, 3.63) is 36.4 Å². The van der Waals surface area contributed by atoms with Crippen LogP contribution >= 0.6 is 0 Å². The summed E-state index contributed by atoms with van der Waals surface area (Å²) in [4.78, 5) is 0.280. The molecule has 0 spiro atoms. The molecule has 84 valence electrons. The fourth-order valence-electron chi connectivity index (χ4n) is 1.41.